The van der Waals surface area contributed by atoms with Crippen molar-refractivity contribution in [2.45, 2.75) is 73.1 Å². The number of hydrogen-bond acceptors (Lipinski definition) is 0. The van der Waals surface area contributed by atoms with E-state index in [9.17, 15) is 0 Å². The highest BCUT2D eigenvalue weighted by Crippen LogP contribution is 2.48. The standard InChI is InChI=1S/C14H28/c1-6-8-14(5)9-7-12(2)10-13(3,4)11-14/h12H,6-11H2,1-5H3. The summed E-state index contributed by atoms with van der Waals surface area (Å²) >= 11 is 0. The Morgan fingerprint density at radius 3 is 2.43 bits per heavy atom. The maximum Gasteiger partial charge on any atom is -0.0321 e. The zero-order valence-corrected chi connectivity index (χ0v) is 10.8. The molecule has 1 aliphatic carbocycles. The van der Waals surface area contributed by atoms with Gasteiger partial charge in [-0.15, -0.1) is 0 Å². The summed E-state index contributed by atoms with van der Waals surface area (Å²) < 4.78 is 0. The largest absolute Gasteiger partial charge is 0.0654 e. The molecule has 0 heteroatoms. The van der Waals surface area contributed by atoms with Gasteiger partial charge in [0, 0.05) is 0 Å². The van der Waals surface area contributed by atoms with Gasteiger partial charge in [0.25, 0.3) is 0 Å². The van der Waals surface area contributed by atoms with Crippen molar-refractivity contribution in [3.8, 4) is 0 Å². The first kappa shape index (κ1) is 12.1. The molecule has 2 unspecified atom stereocenters. The third-order valence-electron chi connectivity index (χ3n) is 3.90. The Bertz CT molecular complexity index is 180. The highest BCUT2D eigenvalue weighted by atomic mass is 14.4. The van der Waals surface area contributed by atoms with Crippen molar-refractivity contribution in [2.24, 2.45) is 16.7 Å². The molecule has 0 aromatic rings. The summed E-state index contributed by atoms with van der Waals surface area (Å²) in [6.45, 7) is 12.2. The molecular formula is C14H28. The predicted octanol–water partition coefficient (Wildman–Crippen LogP) is 5.03. The van der Waals surface area contributed by atoms with E-state index >= 15 is 0 Å². The van der Waals surface area contributed by atoms with Crippen molar-refractivity contribution in [2.75, 3.05) is 0 Å². The fourth-order valence-electron chi connectivity index (χ4n) is 3.77. The molecule has 84 valence electrons. The fourth-order valence-corrected chi connectivity index (χ4v) is 3.77. The normalized spacial score (nSPS) is 37.9. The first-order valence-corrected chi connectivity index (χ1v) is 6.37. The average molecular weight is 196 g/mol. The van der Waals surface area contributed by atoms with Gasteiger partial charge in [0.05, 0.1) is 0 Å². The summed E-state index contributed by atoms with van der Waals surface area (Å²) in [5.74, 6) is 0.934. The summed E-state index contributed by atoms with van der Waals surface area (Å²) in [6, 6.07) is 0. The molecule has 0 N–H and O–H groups in total. The van der Waals surface area contributed by atoms with E-state index in [1.165, 1.54) is 38.5 Å². The van der Waals surface area contributed by atoms with Gasteiger partial charge in [0.15, 0.2) is 0 Å². The van der Waals surface area contributed by atoms with Crippen LogP contribution in [-0.4, -0.2) is 0 Å². The van der Waals surface area contributed by atoms with Crippen LogP contribution in [0.25, 0.3) is 0 Å². The molecule has 0 aliphatic heterocycles. The van der Waals surface area contributed by atoms with Gasteiger partial charge in [-0.25, -0.2) is 0 Å². The summed E-state index contributed by atoms with van der Waals surface area (Å²) in [4.78, 5) is 0. The zero-order valence-electron chi connectivity index (χ0n) is 10.8. The highest BCUT2D eigenvalue weighted by Gasteiger charge is 2.35. The van der Waals surface area contributed by atoms with E-state index in [0.29, 0.717) is 10.8 Å². The van der Waals surface area contributed by atoms with Crippen molar-refractivity contribution >= 4 is 0 Å². The molecule has 1 rings (SSSR count). The van der Waals surface area contributed by atoms with Gasteiger partial charge in [0.1, 0.15) is 0 Å². The van der Waals surface area contributed by atoms with Crippen LogP contribution in [-0.2, 0) is 0 Å². The van der Waals surface area contributed by atoms with Crippen LogP contribution in [0.15, 0.2) is 0 Å². The maximum absolute atomic E-state index is 2.51. The second-order valence-electron chi connectivity index (χ2n) is 6.75. The van der Waals surface area contributed by atoms with E-state index in [2.05, 4.69) is 34.6 Å². The number of hydrogen-bond donors (Lipinski definition) is 0. The van der Waals surface area contributed by atoms with E-state index in [4.69, 9.17) is 0 Å². The smallest absolute Gasteiger partial charge is 0.0321 e. The fraction of sp³-hybridized carbons (Fsp3) is 1.00. The first-order valence-electron chi connectivity index (χ1n) is 6.37. The molecule has 14 heavy (non-hydrogen) atoms. The Hall–Kier alpha value is 0. The SMILES string of the molecule is CCCC1(C)CCC(C)CC(C)(C)C1. The Balaban J connectivity index is 2.70. The van der Waals surface area contributed by atoms with Crippen LogP contribution >= 0.6 is 0 Å². The lowest BCUT2D eigenvalue weighted by molar-refractivity contribution is 0.164. The molecule has 1 aliphatic rings. The van der Waals surface area contributed by atoms with Crippen molar-refractivity contribution in [3.63, 3.8) is 0 Å². The van der Waals surface area contributed by atoms with Gasteiger partial charge in [-0.2, -0.15) is 0 Å². The quantitative estimate of drug-likeness (QED) is 0.543. The lowest BCUT2D eigenvalue weighted by Gasteiger charge is -2.35. The Kier molecular flexibility index (Phi) is 3.66. The second-order valence-corrected chi connectivity index (χ2v) is 6.75. The third kappa shape index (κ3) is 3.29. The molecule has 0 spiro atoms. The number of rotatable bonds is 2. The molecule has 0 saturated heterocycles. The first-order chi connectivity index (χ1) is 6.37. The van der Waals surface area contributed by atoms with Crippen LogP contribution in [0.5, 0.6) is 0 Å². The van der Waals surface area contributed by atoms with Crippen LogP contribution in [0.3, 0.4) is 0 Å². The molecule has 0 heterocycles. The van der Waals surface area contributed by atoms with Gasteiger partial charge < -0.3 is 0 Å². The second kappa shape index (κ2) is 4.24. The Morgan fingerprint density at radius 2 is 1.86 bits per heavy atom. The van der Waals surface area contributed by atoms with Crippen molar-refractivity contribution in [1.82, 2.24) is 0 Å². The van der Waals surface area contributed by atoms with E-state index in [-0.39, 0.29) is 0 Å². The van der Waals surface area contributed by atoms with Crippen molar-refractivity contribution in [3.05, 3.63) is 0 Å². The van der Waals surface area contributed by atoms with E-state index in [0.717, 1.165) is 5.92 Å². The highest BCUT2D eigenvalue weighted by molar-refractivity contribution is 4.87. The molecule has 0 aromatic carbocycles. The van der Waals surface area contributed by atoms with Crippen LogP contribution in [0, 0.1) is 16.7 Å². The van der Waals surface area contributed by atoms with Gasteiger partial charge in [-0.05, 0) is 42.4 Å². The minimum atomic E-state index is 0.569. The molecule has 2 atom stereocenters. The summed E-state index contributed by atoms with van der Waals surface area (Å²) in [5, 5.41) is 0. The van der Waals surface area contributed by atoms with Crippen LogP contribution in [0.4, 0.5) is 0 Å². The molecule has 1 fully saturated rings. The summed E-state index contributed by atoms with van der Waals surface area (Å²) in [7, 11) is 0. The molecule has 0 amide bonds. The zero-order chi connectivity index (χ0) is 10.8. The molecule has 0 bridgehead atoms. The molecule has 1 saturated carbocycles. The van der Waals surface area contributed by atoms with Gasteiger partial charge >= 0.3 is 0 Å². The lowest BCUT2D eigenvalue weighted by atomic mass is 9.71. The van der Waals surface area contributed by atoms with E-state index in [1.807, 2.05) is 0 Å². The third-order valence-corrected chi connectivity index (χ3v) is 3.90. The Labute approximate surface area is 90.5 Å². The predicted molar refractivity (Wildman–Crippen MR) is 64.4 cm³/mol. The van der Waals surface area contributed by atoms with Crippen LogP contribution in [0.1, 0.15) is 73.1 Å². The summed E-state index contributed by atoms with van der Waals surface area (Å²) in [6.07, 6.45) is 8.51. The van der Waals surface area contributed by atoms with Gasteiger partial charge in [0.2, 0.25) is 0 Å². The van der Waals surface area contributed by atoms with Crippen LogP contribution < -0.4 is 0 Å². The minimum absolute atomic E-state index is 0.569. The molecule has 0 nitrogen and oxygen atoms in total. The van der Waals surface area contributed by atoms with E-state index < -0.39 is 0 Å². The average Bonchev–Trinajstić information content (AvgIpc) is 2.07. The Morgan fingerprint density at radius 1 is 1.21 bits per heavy atom. The van der Waals surface area contributed by atoms with E-state index in [1.54, 1.807) is 0 Å². The summed E-state index contributed by atoms with van der Waals surface area (Å²) in [5.41, 5.74) is 1.20. The lowest BCUT2D eigenvalue weighted by Crippen LogP contribution is -2.23. The van der Waals surface area contributed by atoms with Gasteiger partial charge in [-0.1, -0.05) is 47.5 Å². The van der Waals surface area contributed by atoms with Crippen LogP contribution in [0.2, 0.25) is 0 Å². The van der Waals surface area contributed by atoms with Crippen molar-refractivity contribution < 1.29 is 0 Å². The minimum Gasteiger partial charge on any atom is -0.0654 e. The maximum atomic E-state index is 2.51. The monoisotopic (exact) mass is 196 g/mol. The molecule has 0 aromatic heterocycles. The van der Waals surface area contributed by atoms with Crippen molar-refractivity contribution in [1.29, 1.82) is 0 Å². The molecular weight excluding hydrogens is 168 g/mol. The molecule has 0 radical (unpaired) electrons. The topological polar surface area (TPSA) is 0 Å². The van der Waals surface area contributed by atoms with Gasteiger partial charge in [-0.3, -0.25) is 0 Å².